The van der Waals surface area contributed by atoms with Crippen LogP contribution in [-0.4, -0.2) is 41.1 Å². The highest BCUT2D eigenvalue weighted by molar-refractivity contribution is 5.58. The molecular weight excluding hydrogens is 491 g/mol. The molecule has 0 saturated carbocycles. The summed E-state index contributed by atoms with van der Waals surface area (Å²) in [5.41, 5.74) is 4.46. The summed E-state index contributed by atoms with van der Waals surface area (Å²) in [6, 6.07) is 23.4. The van der Waals surface area contributed by atoms with Crippen LogP contribution < -0.4 is 4.74 Å². The van der Waals surface area contributed by atoms with Crippen LogP contribution in [0.5, 0.6) is 5.75 Å². The molecule has 38 heavy (non-hydrogen) atoms. The first-order chi connectivity index (χ1) is 18.3. The Balaban J connectivity index is 1.09. The number of nitrogens with zero attached hydrogens (tertiary/aromatic N) is 3. The molecule has 0 aliphatic carbocycles. The summed E-state index contributed by atoms with van der Waals surface area (Å²) in [6.07, 6.45) is -4.30. The molecule has 198 valence electrons. The van der Waals surface area contributed by atoms with Gasteiger partial charge in [0, 0.05) is 50.9 Å². The van der Waals surface area contributed by atoms with Gasteiger partial charge in [0.05, 0.1) is 11.3 Å². The van der Waals surface area contributed by atoms with E-state index in [1.165, 1.54) is 5.56 Å². The van der Waals surface area contributed by atoms with Gasteiger partial charge in [0.25, 0.3) is 0 Å². The number of piperazine rings is 1. The topological polar surface area (TPSA) is 41.7 Å². The van der Waals surface area contributed by atoms with Gasteiger partial charge < -0.3 is 9.26 Å². The van der Waals surface area contributed by atoms with Crippen molar-refractivity contribution in [2.45, 2.75) is 32.8 Å². The highest BCUT2D eigenvalue weighted by atomic mass is 19.4. The Kier molecular flexibility index (Phi) is 7.81. The fourth-order valence-corrected chi connectivity index (χ4v) is 4.56. The molecule has 0 N–H and O–H groups in total. The third-order valence-electron chi connectivity index (χ3n) is 6.89. The second-order valence-corrected chi connectivity index (χ2v) is 9.67. The third-order valence-corrected chi connectivity index (χ3v) is 6.89. The number of benzene rings is 3. The molecule has 8 heteroatoms. The molecule has 1 fully saturated rings. The molecule has 4 aromatic rings. The van der Waals surface area contributed by atoms with Gasteiger partial charge in [-0.15, -0.1) is 0 Å². The highest BCUT2D eigenvalue weighted by Gasteiger charge is 2.30. The van der Waals surface area contributed by atoms with Gasteiger partial charge in [-0.25, -0.2) is 0 Å². The normalized spacial score (nSPS) is 15.1. The summed E-state index contributed by atoms with van der Waals surface area (Å²) in [4.78, 5) is 4.57. The number of hydrogen-bond donors (Lipinski definition) is 0. The van der Waals surface area contributed by atoms with Crippen molar-refractivity contribution in [3.63, 3.8) is 0 Å². The number of hydrogen-bond acceptors (Lipinski definition) is 5. The van der Waals surface area contributed by atoms with Crippen molar-refractivity contribution < 1.29 is 22.4 Å². The third kappa shape index (κ3) is 6.62. The van der Waals surface area contributed by atoms with Crippen LogP contribution >= 0.6 is 0 Å². The summed E-state index contributed by atoms with van der Waals surface area (Å²) in [7, 11) is 0. The second-order valence-electron chi connectivity index (χ2n) is 9.67. The van der Waals surface area contributed by atoms with E-state index in [1.807, 2.05) is 42.5 Å². The van der Waals surface area contributed by atoms with E-state index in [0.717, 1.165) is 66.4 Å². The summed E-state index contributed by atoms with van der Waals surface area (Å²) < 4.78 is 49.9. The van der Waals surface area contributed by atoms with Crippen molar-refractivity contribution in [2.75, 3.05) is 26.2 Å². The number of aryl methyl sites for hydroxylation is 1. The van der Waals surface area contributed by atoms with E-state index < -0.39 is 11.7 Å². The van der Waals surface area contributed by atoms with Gasteiger partial charge in [-0.3, -0.25) is 9.80 Å². The Morgan fingerprint density at radius 2 is 1.50 bits per heavy atom. The van der Waals surface area contributed by atoms with Gasteiger partial charge in [-0.2, -0.15) is 13.2 Å². The number of aromatic nitrogens is 1. The molecule has 0 unspecified atom stereocenters. The summed E-state index contributed by atoms with van der Waals surface area (Å²) >= 11 is 0. The first-order valence-corrected chi connectivity index (χ1v) is 12.7. The lowest BCUT2D eigenvalue weighted by Gasteiger charge is -2.34. The van der Waals surface area contributed by atoms with Crippen molar-refractivity contribution in [2.24, 2.45) is 0 Å². The Morgan fingerprint density at radius 3 is 2.16 bits per heavy atom. The number of rotatable bonds is 8. The monoisotopic (exact) mass is 521 g/mol. The average Bonchev–Trinajstić information content (AvgIpc) is 3.38. The van der Waals surface area contributed by atoms with Gasteiger partial charge in [-0.05, 0) is 60.0 Å². The van der Waals surface area contributed by atoms with Crippen molar-refractivity contribution in [1.82, 2.24) is 15.0 Å². The predicted molar refractivity (Wildman–Crippen MR) is 139 cm³/mol. The van der Waals surface area contributed by atoms with E-state index in [-0.39, 0.29) is 0 Å². The first kappa shape index (κ1) is 26.0. The van der Waals surface area contributed by atoms with Crippen LogP contribution in [0, 0.1) is 6.92 Å². The van der Waals surface area contributed by atoms with E-state index in [0.29, 0.717) is 25.5 Å². The van der Waals surface area contributed by atoms with Crippen LogP contribution in [0.25, 0.3) is 11.3 Å². The number of ether oxygens (including phenoxy) is 1. The molecule has 0 spiro atoms. The van der Waals surface area contributed by atoms with Crippen LogP contribution in [0.4, 0.5) is 13.2 Å². The zero-order valence-electron chi connectivity index (χ0n) is 21.2. The second kappa shape index (κ2) is 11.4. The largest absolute Gasteiger partial charge is 0.489 e. The summed E-state index contributed by atoms with van der Waals surface area (Å²) in [5, 5.41) is 4.26. The Morgan fingerprint density at radius 1 is 0.842 bits per heavy atom. The van der Waals surface area contributed by atoms with Crippen LogP contribution in [0.15, 0.2) is 83.4 Å². The van der Waals surface area contributed by atoms with Crippen molar-refractivity contribution >= 4 is 0 Å². The average molecular weight is 522 g/mol. The molecule has 2 heterocycles. The minimum atomic E-state index is -4.30. The molecule has 5 rings (SSSR count). The maximum atomic E-state index is 12.8. The van der Waals surface area contributed by atoms with Gasteiger partial charge >= 0.3 is 6.18 Å². The van der Waals surface area contributed by atoms with Gasteiger partial charge in [0.2, 0.25) is 0 Å². The zero-order valence-corrected chi connectivity index (χ0v) is 21.2. The maximum absolute atomic E-state index is 12.8. The minimum Gasteiger partial charge on any atom is -0.489 e. The Bertz CT molecular complexity index is 1330. The standard InChI is InChI=1S/C30H30F3N3O2/c1-22-4-2-3-5-25(22)21-37-28-12-8-24(9-13-28)29-18-27(34-38-29)20-36-16-14-35(15-17-36)19-23-6-10-26(11-7-23)30(31,32)33/h2-13,18H,14-17,19-21H2,1H3. The molecule has 1 aliphatic rings. The van der Waals surface area contributed by atoms with Crippen LogP contribution in [0.1, 0.15) is 27.9 Å². The van der Waals surface area contributed by atoms with E-state index in [2.05, 4.69) is 34.0 Å². The molecule has 5 nitrogen and oxygen atoms in total. The molecule has 0 radical (unpaired) electrons. The van der Waals surface area contributed by atoms with E-state index in [4.69, 9.17) is 9.26 Å². The Labute approximate surface area is 220 Å². The first-order valence-electron chi connectivity index (χ1n) is 12.7. The number of halogens is 3. The lowest BCUT2D eigenvalue weighted by molar-refractivity contribution is -0.137. The molecule has 0 atom stereocenters. The van der Waals surface area contributed by atoms with Gasteiger partial charge in [0.15, 0.2) is 5.76 Å². The van der Waals surface area contributed by atoms with E-state index in [1.54, 1.807) is 12.1 Å². The molecule has 1 aromatic heterocycles. The van der Waals surface area contributed by atoms with Crippen LogP contribution in [0.3, 0.4) is 0 Å². The van der Waals surface area contributed by atoms with E-state index in [9.17, 15) is 13.2 Å². The van der Waals surface area contributed by atoms with Gasteiger partial charge in [-0.1, -0.05) is 41.6 Å². The molecular formula is C30H30F3N3O2. The zero-order chi connectivity index (χ0) is 26.5. The van der Waals surface area contributed by atoms with Crippen LogP contribution in [-0.2, 0) is 25.9 Å². The van der Waals surface area contributed by atoms with Crippen molar-refractivity contribution in [3.8, 4) is 17.1 Å². The molecule has 0 amide bonds. The molecule has 1 saturated heterocycles. The smallest absolute Gasteiger partial charge is 0.416 e. The quantitative estimate of drug-likeness (QED) is 0.263. The fourth-order valence-electron chi connectivity index (χ4n) is 4.56. The summed E-state index contributed by atoms with van der Waals surface area (Å²) in [6.45, 7) is 7.33. The lowest BCUT2D eigenvalue weighted by Crippen LogP contribution is -2.45. The van der Waals surface area contributed by atoms with E-state index >= 15 is 0 Å². The number of alkyl halides is 3. The van der Waals surface area contributed by atoms with Crippen LogP contribution in [0.2, 0.25) is 0 Å². The fraction of sp³-hybridized carbons (Fsp3) is 0.300. The molecule has 0 bridgehead atoms. The van der Waals surface area contributed by atoms with Gasteiger partial charge in [0.1, 0.15) is 12.4 Å². The summed E-state index contributed by atoms with van der Waals surface area (Å²) in [5.74, 6) is 1.51. The highest BCUT2D eigenvalue weighted by Crippen LogP contribution is 2.29. The lowest BCUT2D eigenvalue weighted by atomic mass is 10.1. The predicted octanol–water partition coefficient (Wildman–Crippen LogP) is 6.57. The van der Waals surface area contributed by atoms with Crippen molar-refractivity contribution in [1.29, 1.82) is 0 Å². The maximum Gasteiger partial charge on any atom is 0.416 e. The molecule has 1 aliphatic heterocycles. The van der Waals surface area contributed by atoms with Crippen molar-refractivity contribution in [3.05, 3.63) is 107 Å². The minimum absolute atomic E-state index is 0.524. The molecule has 3 aromatic carbocycles. The SMILES string of the molecule is Cc1ccccc1COc1ccc(-c2cc(CN3CCN(Cc4ccc(C(F)(F)F)cc4)CC3)no2)cc1. The Hall–Kier alpha value is -3.62.